The van der Waals surface area contributed by atoms with E-state index in [0.29, 0.717) is 0 Å². The van der Waals surface area contributed by atoms with Gasteiger partial charge < -0.3 is 244 Å². The van der Waals surface area contributed by atoms with Gasteiger partial charge >= 0.3 is 0 Å². The van der Waals surface area contributed by atoms with E-state index in [4.69, 9.17) is 90.0 Å². The van der Waals surface area contributed by atoms with Crippen LogP contribution in [0.15, 0.2) is 0 Å². The molecular weight excluding hydrogens is 1640 g/mol. The van der Waals surface area contributed by atoms with Gasteiger partial charge in [-0.05, 0) is 6.92 Å². The van der Waals surface area contributed by atoms with Crippen LogP contribution >= 0.6 is 0 Å². The standard InChI is InChI=1S/C67H112N4O49/c1-15-33(84)43(94)48(99)62(103-15)116-53-31(70-18(4)82)58(101)104-27(13-79)51(53)114-60-30(69-17(3)81)42(93)50(26(12-78)111-60)113-67-57(120-63-47(98)38(89)24(10-76)108-63)54(117-66-56(46(97)37(88)23(9-75)110-66)119-59-29(68-16(2)80)41(92)34(85)20(6-72)105-59)40(91)28(112-67)14-102-65-55(45(96)36(87)22(8-74)109-65)118-61-32(71-19(5)83)52(39(90)25(11-77)106-61)115-64-49(100)44(95)35(86)21(7-73)107-64/h15,20-67,72-79,84-101H,6-14H2,1-5H3,(H,68,80)(H,69,81)(H,70,82)(H,71,83)/t15-,20+,21+,22+,23+,24+,25+,26+,27+,28+,29+,30+,31+,32+,33+,34+,35-,36+,37+,38-,39+,40+,41+,42+,43+,44-,45-,46-,47+,48-,49+,50+,51+,52+,53+,54-,55-,56-,57-,58?,59-,60-,61-,62-,63-,64-,65-,66+,67-/m0/s1. The van der Waals surface area contributed by atoms with Gasteiger partial charge in [0.25, 0.3) is 0 Å². The van der Waals surface area contributed by atoms with Crippen molar-refractivity contribution in [2.75, 3.05) is 59.5 Å². The predicted molar refractivity (Wildman–Crippen MR) is 369 cm³/mol. The summed E-state index contributed by atoms with van der Waals surface area (Å²) in [5.41, 5.74) is 0. The van der Waals surface area contributed by atoms with Gasteiger partial charge in [0.1, 0.15) is 232 Å². The third-order valence-electron chi connectivity index (χ3n) is 22.1. The van der Waals surface area contributed by atoms with Crippen LogP contribution in [0.4, 0.5) is 0 Å². The van der Waals surface area contributed by atoms with Crippen molar-refractivity contribution in [1.29, 1.82) is 0 Å². The molecule has 10 aliphatic rings. The lowest BCUT2D eigenvalue weighted by Gasteiger charge is -2.52. The highest BCUT2D eigenvalue weighted by Crippen LogP contribution is 2.42. The van der Waals surface area contributed by atoms with E-state index in [1.807, 2.05) is 0 Å². The molecule has 0 radical (unpaired) electrons. The average Bonchev–Trinajstić information content (AvgIpc) is 0.973. The minimum absolute atomic E-state index is 0.875. The van der Waals surface area contributed by atoms with E-state index < -0.39 is 384 Å². The Morgan fingerprint density at radius 3 is 1.03 bits per heavy atom. The number of amides is 4. The van der Waals surface area contributed by atoms with Crippen LogP contribution in [0.3, 0.4) is 0 Å². The number of ether oxygens (including phenoxy) is 19. The van der Waals surface area contributed by atoms with Crippen LogP contribution in [0.2, 0.25) is 0 Å². The van der Waals surface area contributed by atoms with Crippen molar-refractivity contribution in [2.24, 2.45) is 0 Å². The Labute approximate surface area is 679 Å². The Balaban J connectivity index is 1.06. The number of rotatable bonds is 31. The van der Waals surface area contributed by atoms with Crippen LogP contribution in [0.1, 0.15) is 34.6 Å². The van der Waals surface area contributed by atoms with E-state index in [1.165, 1.54) is 6.92 Å². The molecule has 10 aliphatic heterocycles. The minimum Gasteiger partial charge on any atom is -0.394 e. The lowest BCUT2D eigenvalue weighted by atomic mass is 9.93. The van der Waals surface area contributed by atoms with Crippen molar-refractivity contribution in [2.45, 2.75) is 335 Å². The third kappa shape index (κ3) is 21.4. The fraction of sp³-hybridized carbons (Fsp3) is 0.940. The van der Waals surface area contributed by atoms with E-state index >= 15 is 0 Å². The largest absolute Gasteiger partial charge is 0.394 e. The highest BCUT2D eigenvalue weighted by Gasteiger charge is 2.63. The summed E-state index contributed by atoms with van der Waals surface area (Å²) < 4.78 is 115. The Kier molecular flexibility index (Phi) is 35.0. The van der Waals surface area contributed by atoms with E-state index in [1.54, 1.807) is 0 Å². The molecule has 0 spiro atoms. The first-order valence-corrected chi connectivity index (χ1v) is 38.4. The van der Waals surface area contributed by atoms with E-state index in [-0.39, 0.29) is 0 Å². The molecule has 10 saturated heterocycles. The average molecular weight is 1760 g/mol. The molecule has 0 aromatic rings. The molecule has 4 amide bonds. The molecule has 53 nitrogen and oxygen atoms in total. The Morgan fingerprint density at radius 1 is 0.233 bits per heavy atom. The molecule has 1 unspecified atom stereocenters. The zero-order chi connectivity index (χ0) is 88.2. The maximum absolute atomic E-state index is 13.5. The van der Waals surface area contributed by atoms with Crippen LogP contribution in [0.25, 0.3) is 0 Å². The molecule has 120 heavy (non-hydrogen) atoms. The fourth-order valence-electron chi connectivity index (χ4n) is 15.6. The summed E-state index contributed by atoms with van der Waals surface area (Å²) in [6, 6.07) is -7.69. The van der Waals surface area contributed by atoms with Gasteiger partial charge in [0.15, 0.2) is 62.9 Å². The summed E-state index contributed by atoms with van der Waals surface area (Å²) in [6.07, 6.45) is -95.3. The molecule has 53 heteroatoms. The Hall–Kier alpha value is -3.92. The maximum Gasteiger partial charge on any atom is 0.217 e. The second-order valence-electron chi connectivity index (χ2n) is 30.5. The van der Waals surface area contributed by atoms with Crippen LogP contribution < -0.4 is 21.3 Å². The highest BCUT2D eigenvalue weighted by atomic mass is 16.8. The van der Waals surface area contributed by atoms with Gasteiger partial charge in [-0.1, -0.05) is 0 Å². The second kappa shape index (κ2) is 42.8. The lowest BCUT2D eigenvalue weighted by molar-refractivity contribution is -0.407. The molecule has 694 valence electrons. The van der Waals surface area contributed by atoms with E-state index in [0.717, 1.165) is 27.7 Å². The molecule has 30 N–H and O–H groups in total. The van der Waals surface area contributed by atoms with Gasteiger partial charge in [-0.15, -0.1) is 0 Å². The molecule has 0 aliphatic carbocycles. The molecule has 0 saturated carbocycles. The summed E-state index contributed by atoms with van der Waals surface area (Å²) in [5, 5.41) is 300. The van der Waals surface area contributed by atoms with Gasteiger partial charge in [0.05, 0.1) is 65.6 Å². The number of nitrogens with one attached hydrogen (secondary N) is 4. The number of aliphatic hydroxyl groups excluding tert-OH is 26. The van der Waals surface area contributed by atoms with Crippen LogP contribution in [-0.4, -0.2) is 517 Å². The number of carbonyl (C=O) groups excluding carboxylic acids is 4. The molecule has 0 aromatic carbocycles. The Morgan fingerprint density at radius 2 is 0.533 bits per heavy atom. The SMILES string of the molecule is CC(=O)N[C@H]1[C@H](O[C@H]2[C@H](O[C@@H]3O[C@@H](C)[C@@H](O)[C@@H](O)[C@@H]3O)[C@@H](NC(C)=O)C(O)O[C@@H]2CO)O[C@H](CO)[C@@H](O[C@@H]2O[C@H](CO[C@H]3O[C@H](CO)[C@@H](O)[C@H](O)[C@@H]3O[C@@H]3O[C@H](CO)[C@@H](O)[C@H](O[C@@H]4O[C@H](CO)[C@H](O)[C@H](O)[C@H]4O)[C@H]3NC(C)=O)[C@@H](O)[C@H](O[C@H]3O[C@H](CO)[C@@H](O)[C@H](O)[C@@H]3O[C@@H]3O[C@H](CO)[C@@H](O)[C@H](O)[C@H]3NC(C)=O)[C@@H]2O[C@@H]2O[C@H](CO)[C@H](O)[C@H]2O)[C@@H]1O. The van der Waals surface area contributed by atoms with Crippen molar-refractivity contribution in [1.82, 2.24) is 21.3 Å². The highest BCUT2D eigenvalue weighted by molar-refractivity contribution is 5.74. The minimum atomic E-state index is -2.59. The van der Waals surface area contributed by atoms with Crippen molar-refractivity contribution in [3.8, 4) is 0 Å². The normalized spacial score (nSPS) is 49.6. The zero-order valence-electron chi connectivity index (χ0n) is 64.7. The number of carbonyl (C=O) groups is 4. The molecule has 10 heterocycles. The van der Waals surface area contributed by atoms with Gasteiger partial charge in [0, 0.05) is 27.7 Å². The predicted octanol–water partition coefficient (Wildman–Crippen LogP) is -20.6. The first kappa shape index (κ1) is 98.3. The van der Waals surface area contributed by atoms with E-state index in [9.17, 15) is 152 Å². The maximum atomic E-state index is 13.5. The van der Waals surface area contributed by atoms with Crippen molar-refractivity contribution < 1.29 is 242 Å². The van der Waals surface area contributed by atoms with Gasteiger partial charge in [0.2, 0.25) is 23.6 Å². The molecule has 0 bridgehead atoms. The smallest absolute Gasteiger partial charge is 0.217 e. The van der Waals surface area contributed by atoms with Crippen molar-refractivity contribution in [3.63, 3.8) is 0 Å². The van der Waals surface area contributed by atoms with Crippen LogP contribution in [0, 0.1) is 0 Å². The Bertz CT molecular complexity index is 3230. The van der Waals surface area contributed by atoms with Crippen molar-refractivity contribution in [3.05, 3.63) is 0 Å². The quantitative estimate of drug-likeness (QED) is 0.0306. The number of aliphatic hydroxyl groups is 26. The van der Waals surface area contributed by atoms with Crippen LogP contribution in [-0.2, 0) is 109 Å². The second-order valence-corrected chi connectivity index (χ2v) is 30.5. The third-order valence-corrected chi connectivity index (χ3v) is 22.1. The number of hydrogen-bond acceptors (Lipinski definition) is 49. The van der Waals surface area contributed by atoms with Crippen LogP contribution in [0.5, 0.6) is 0 Å². The molecular formula is C67H112N4O49. The summed E-state index contributed by atoms with van der Waals surface area (Å²) in [6.45, 7) is -5.31. The van der Waals surface area contributed by atoms with Gasteiger partial charge in [-0.3, -0.25) is 19.2 Å². The topological polar surface area (TPSA) is 818 Å². The van der Waals surface area contributed by atoms with E-state index in [2.05, 4.69) is 21.3 Å². The zero-order valence-corrected chi connectivity index (χ0v) is 64.7. The molecule has 10 fully saturated rings. The van der Waals surface area contributed by atoms with Gasteiger partial charge in [-0.25, -0.2) is 0 Å². The summed E-state index contributed by atoms with van der Waals surface area (Å²) in [5.74, 6) is -3.78. The molecule has 49 atom stereocenters. The first-order valence-electron chi connectivity index (χ1n) is 38.4. The molecule has 10 rings (SSSR count). The summed E-state index contributed by atoms with van der Waals surface area (Å²) in [7, 11) is 0. The monoisotopic (exact) mass is 1760 g/mol. The fourth-order valence-corrected chi connectivity index (χ4v) is 15.6. The lowest BCUT2D eigenvalue weighted by Crippen LogP contribution is -2.71. The van der Waals surface area contributed by atoms with Gasteiger partial charge in [-0.2, -0.15) is 0 Å². The first-order chi connectivity index (χ1) is 56.8. The molecule has 0 aromatic heterocycles. The summed E-state index contributed by atoms with van der Waals surface area (Å²) >= 11 is 0. The summed E-state index contributed by atoms with van der Waals surface area (Å²) in [4.78, 5) is 52.1. The van der Waals surface area contributed by atoms with Crippen molar-refractivity contribution >= 4 is 23.6 Å². The number of hydrogen-bond donors (Lipinski definition) is 30.